The lowest BCUT2D eigenvalue weighted by Crippen LogP contribution is -2.86. The lowest BCUT2D eigenvalue weighted by molar-refractivity contribution is 0.246. The fourth-order valence-corrected chi connectivity index (χ4v) is 1.07. The van der Waals surface area contributed by atoms with E-state index in [1.807, 2.05) is 0 Å². The molecule has 13 N–H and O–H groups in total. The van der Waals surface area contributed by atoms with Crippen molar-refractivity contribution in [3.05, 3.63) is 0 Å². The molecule has 0 radical (unpaired) electrons. The summed E-state index contributed by atoms with van der Waals surface area (Å²) in [7, 11) is -4.86. The summed E-state index contributed by atoms with van der Waals surface area (Å²) < 4.78 is 29.9. The summed E-state index contributed by atoms with van der Waals surface area (Å²) in [6.45, 7) is 0. The van der Waals surface area contributed by atoms with Crippen LogP contribution in [0, 0.1) is 0 Å². The second kappa shape index (κ2) is 3.11. The summed E-state index contributed by atoms with van der Waals surface area (Å²) in [6.07, 6.45) is -1.51. The normalized spacial score (nSPS) is 15.1. The number of rotatable bonds is 3. The van der Waals surface area contributed by atoms with Gasteiger partial charge >= 0.3 is 10.1 Å². The molecule has 0 heterocycles. The van der Waals surface area contributed by atoms with E-state index in [0.717, 1.165) is 0 Å². The van der Waals surface area contributed by atoms with E-state index in [-0.39, 0.29) is 0 Å². The van der Waals surface area contributed by atoms with Crippen molar-refractivity contribution in [3.63, 3.8) is 0 Å². The zero-order valence-electron chi connectivity index (χ0n) is 6.71. The summed E-state index contributed by atoms with van der Waals surface area (Å²) in [5.41, 5.74) is 28.1. The first-order valence-corrected chi connectivity index (χ1v) is 4.52. The zero-order chi connectivity index (χ0) is 11.1. The highest BCUT2D eigenvalue weighted by atomic mass is 32.2. The van der Waals surface area contributed by atoms with Crippen LogP contribution in [-0.4, -0.2) is 29.8 Å². The van der Waals surface area contributed by atoms with Gasteiger partial charge in [-0.15, -0.1) is 0 Å². The molecule has 0 aliphatic rings. The summed E-state index contributed by atoms with van der Waals surface area (Å²) in [4.78, 5) is -2.81. The molecule has 0 saturated heterocycles. The first-order valence-electron chi connectivity index (χ1n) is 3.08. The maximum atomic E-state index is 10.6. The Labute approximate surface area is 75.1 Å². The lowest BCUT2D eigenvalue weighted by Gasteiger charge is -2.39. The third-order valence-electron chi connectivity index (χ3n) is 1.66. The van der Waals surface area contributed by atoms with Crippen molar-refractivity contribution in [2.24, 2.45) is 34.4 Å². The van der Waals surface area contributed by atoms with Crippen LogP contribution >= 0.6 is 0 Å². The van der Waals surface area contributed by atoms with Gasteiger partial charge in [-0.05, 0) is 0 Å². The highest BCUT2D eigenvalue weighted by Gasteiger charge is 2.53. The van der Waals surface area contributed by atoms with Crippen molar-refractivity contribution < 1.29 is 13.0 Å². The molecular formula is C3H14N6O3S. The number of hydrogen-bond donors (Lipinski definition) is 7. The molecule has 10 heteroatoms. The number of nitrogens with two attached hydrogens (primary N) is 6. The Morgan fingerprint density at radius 2 is 1.38 bits per heavy atom. The van der Waals surface area contributed by atoms with Crippen molar-refractivity contribution in [3.8, 4) is 0 Å². The highest BCUT2D eigenvalue weighted by Crippen LogP contribution is 2.12. The molecule has 0 rings (SSSR count). The van der Waals surface area contributed by atoms with E-state index in [1.165, 1.54) is 0 Å². The second-order valence-corrected chi connectivity index (χ2v) is 4.35. The molecular weight excluding hydrogens is 200 g/mol. The van der Waals surface area contributed by atoms with Crippen molar-refractivity contribution in [1.82, 2.24) is 0 Å². The van der Waals surface area contributed by atoms with Crippen molar-refractivity contribution in [2.45, 2.75) is 16.8 Å². The monoisotopic (exact) mass is 214 g/mol. The van der Waals surface area contributed by atoms with E-state index >= 15 is 0 Å². The van der Waals surface area contributed by atoms with Gasteiger partial charge in [-0.2, -0.15) is 8.42 Å². The molecule has 0 fully saturated rings. The number of hydrogen-bond acceptors (Lipinski definition) is 8. The Balaban J connectivity index is 5.29. The molecule has 0 unspecified atom stereocenters. The molecule has 0 aromatic rings. The molecule has 0 aromatic carbocycles. The Morgan fingerprint density at radius 1 is 1.08 bits per heavy atom. The van der Waals surface area contributed by atoms with Gasteiger partial charge in [0.25, 0.3) is 0 Å². The van der Waals surface area contributed by atoms with Gasteiger partial charge in [-0.25, -0.2) is 0 Å². The maximum absolute atomic E-state index is 10.6. The Kier molecular flexibility index (Phi) is 3.03. The van der Waals surface area contributed by atoms with Gasteiger partial charge in [0, 0.05) is 0 Å². The van der Waals surface area contributed by atoms with Gasteiger partial charge < -0.3 is 22.9 Å². The van der Waals surface area contributed by atoms with Crippen molar-refractivity contribution in [2.75, 3.05) is 0 Å². The van der Waals surface area contributed by atoms with Crippen LogP contribution in [0.2, 0.25) is 0 Å². The van der Waals surface area contributed by atoms with Crippen molar-refractivity contribution >= 4 is 10.1 Å². The van der Waals surface area contributed by atoms with Crippen molar-refractivity contribution in [1.29, 1.82) is 0 Å². The molecule has 0 aliphatic carbocycles. The van der Waals surface area contributed by atoms with E-state index in [0.29, 0.717) is 0 Å². The van der Waals surface area contributed by atoms with Crippen LogP contribution in [0.25, 0.3) is 0 Å². The van der Waals surface area contributed by atoms with Gasteiger partial charge in [0.15, 0.2) is 0 Å². The van der Waals surface area contributed by atoms with Gasteiger partial charge in [0.2, 0.25) is 4.99 Å². The predicted molar refractivity (Wildman–Crippen MR) is 45.9 cm³/mol. The minimum atomic E-state index is -4.86. The van der Waals surface area contributed by atoms with E-state index in [2.05, 4.69) is 0 Å². The lowest BCUT2D eigenvalue weighted by atomic mass is 10.1. The molecule has 0 atom stereocenters. The van der Waals surface area contributed by atoms with Crippen LogP contribution in [0.1, 0.15) is 0 Å². The van der Waals surface area contributed by atoms with Gasteiger partial charge in [0.1, 0.15) is 5.66 Å². The average Bonchev–Trinajstić information content (AvgIpc) is 1.84. The van der Waals surface area contributed by atoms with Crippen LogP contribution in [0.5, 0.6) is 0 Å². The minimum Gasteiger partial charge on any atom is -0.313 e. The smallest absolute Gasteiger partial charge is 0.301 e. The first kappa shape index (κ1) is 12.7. The van der Waals surface area contributed by atoms with Gasteiger partial charge in [-0.1, -0.05) is 0 Å². The summed E-state index contributed by atoms with van der Waals surface area (Å²) in [5, 5.41) is 0. The van der Waals surface area contributed by atoms with Crippen LogP contribution in [0.4, 0.5) is 0 Å². The van der Waals surface area contributed by atoms with Crippen LogP contribution in [-0.2, 0) is 10.1 Å². The largest absolute Gasteiger partial charge is 0.313 e. The van der Waals surface area contributed by atoms with E-state index in [9.17, 15) is 8.42 Å². The van der Waals surface area contributed by atoms with Gasteiger partial charge in [0.05, 0.1) is 6.17 Å². The van der Waals surface area contributed by atoms with Crippen LogP contribution in [0.15, 0.2) is 0 Å². The Bertz CT molecular complexity index is 281. The molecule has 0 amide bonds. The topological polar surface area (TPSA) is 210 Å². The molecule has 0 bridgehead atoms. The zero-order valence-corrected chi connectivity index (χ0v) is 7.53. The molecule has 0 spiro atoms. The third-order valence-corrected chi connectivity index (χ3v) is 2.86. The van der Waals surface area contributed by atoms with E-state index in [1.54, 1.807) is 0 Å². The molecule has 80 valence electrons. The standard InChI is InChI=1S/C3H14N6O3S/c4-1(5)2(6,7)3(8,9)13(10,11)12/h1H,4-9H2,(H,10,11,12). The molecule has 13 heavy (non-hydrogen) atoms. The average molecular weight is 214 g/mol. The van der Waals surface area contributed by atoms with Crippen LogP contribution in [0.3, 0.4) is 0 Å². The SMILES string of the molecule is NC(N)C(N)(N)C(N)(N)S(=O)(=O)O. The minimum absolute atomic E-state index is 1.51. The quantitative estimate of drug-likeness (QED) is 0.177. The summed E-state index contributed by atoms with van der Waals surface area (Å²) >= 11 is 0. The fourth-order valence-electron chi connectivity index (χ4n) is 0.484. The Morgan fingerprint density at radius 3 is 1.46 bits per heavy atom. The molecule has 0 saturated carbocycles. The van der Waals surface area contributed by atoms with E-state index < -0.39 is 26.9 Å². The molecule has 0 aliphatic heterocycles. The van der Waals surface area contributed by atoms with Crippen LogP contribution < -0.4 is 34.4 Å². The molecule has 0 aromatic heterocycles. The Hall–Kier alpha value is -0.330. The third kappa shape index (κ3) is 1.95. The predicted octanol–water partition coefficient (Wildman–Crippen LogP) is -4.70. The second-order valence-electron chi connectivity index (χ2n) is 2.73. The highest BCUT2D eigenvalue weighted by molar-refractivity contribution is 7.87. The molecule has 9 nitrogen and oxygen atoms in total. The van der Waals surface area contributed by atoms with E-state index in [4.69, 9.17) is 39.0 Å². The first-order chi connectivity index (χ1) is 5.44. The summed E-state index contributed by atoms with van der Waals surface area (Å²) in [5.74, 6) is 0. The fraction of sp³-hybridized carbons (Fsp3) is 1.00. The maximum Gasteiger partial charge on any atom is 0.301 e. The van der Waals surface area contributed by atoms with Gasteiger partial charge in [-0.3, -0.25) is 16.0 Å². The summed E-state index contributed by atoms with van der Waals surface area (Å²) in [6, 6.07) is 0.